The van der Waals surface area contributed by atoms with E-state index < -0.39 is 0 Å². The molecule has 1 aromatic carbocycles. The summed E-state index contributed by atoms with van der Waals surface area (Å²) in [5.74, 6) is 0.324. The molecule has 0 unspecified atom stereocenters. The molecule has 20 heavy (non-hydrogen) atoms. The van der Waals surface area contributed by atoms with E-state index in [1.807, 2.05) is 11.4 Å². The molecule has 0 bridgehead atoms. The minimum Gasteiger partial charge on any atom is -0.378 e. The van der Waals surface area contributed by atoms with Gasteiger partial charge in [-0.15, -0.1) is 11.3 Å². The summed E-state index contributed by atoms with van der Waals surface area (Å²) >= 11 is 1.37. The van der Waals surface area contributed by atoms with Crippen molar-refractivity contribution < 1.29 is 4.39 Å². The van der Waals surface area contributed by atoms with Crippen molar-refractivity contribution in [2.75, 3.05) is 5.32 Å². The molecule has 2 heterocycles. The number of aromatic amines is 1. The Balaban J connectivity index is 1.82. The summed E-state index contributed by atoms with van der Waals surface area (Å²) in [6, 6.07) is 6.61. The van der Waals surface area contributed by atoms with Crippen LogP contribution in [-0.4, -0.2) is 9.97 Å². The van der Waals surface area contributed by atoms with Crippen molar-refractivity contribution in [3.05, 3.63) is 57.2 Å². The van der Waals surface area contributed by atoms with Gasteiger partial charge in [0.15, 0.2) is 0 Å². The number of hydrogen-bond acceptors (Lipinski definition) is 4. The van der Waals surface area contributed by atoms with Gasteiger partial charge in [-0.3, -0.25) is 4.79 Å². The molecule has 6 heteroatoms. The Hall–Kier alpha value is -2.21. The molecule has 4 nitrogen and oxygen atoms in total. The first-order chi connectivity index (χ1) is 9.63. The standard InChI is InChI=1S/C14H12FN3OS/c1-8-6-9(2-3-10(8)15)16-7-12-17-11-4-5-20-13(11)14(19)18-12/h2-6,16H,7H2,1H3,(H,17,18,19). The second kappa shape index (κ2) is 5.05. The number of thiophene rings is 1. The Morgan fingerprint density at radius 3 is 3.05 bits per heavy atom. The van der Waals surface area contributed by atoms with E-state index in [2.05, 4.69) is 15.3 Å². The molecule has 0 radical (unpaired) electrons. The average molecular weight is 289 g/mol. The fraction of sp³-hybridized carbons (Fsp3) is 0.143. The highest BCUT2D eigenvalue weighted by Crippen LogP contribution is 2.16. The van der Waals surface area contributed by atoms with Crippen molar-refractivity contribution in [3.63, 3.8) is 0 Å². The van der Waals surface area contributed by atoms with Crippen molar-refractivity contribution in [3.8, 4) is 0 Å². The maximum atomic E-state index is 13.2. The van der Waals surface area contributed by atoms with Gasteiger partial charge < -0.3 is 10.3 Å². The highest BCUT2D eigenvalue weighted by molar-refractivity contribution is 7.17. The number of aryl methyl sites for hydroxylation is 1. The molecule has 0 amide bonds. The van der Waals surface area contributed by atoms with Crippen LogP contribution in [0.5, 0.6) is 0 Å². The molecule has 3 rings (SSSR count). The van der Waals surface area contributed by atoms with E-state index in [1.54, 1.807) is 19.1 Å². The first kappa shape index (κ1) is 12.8. The van der Waals surface area contributed by atoms with E-state index in [4.69, 9.17) is 0 Å². The van der Waals surface area contributed by atoms with Crippen LogP contribution in [-0.2, 0) is 6.54 Å². The number of hydrogen-bond donors (Lipinski definition) is 2. The lowest BCUT2D eigenvalue weighted by Crippen LogP contribution is -2.13. The predicted molar refractivity (Wildman–Crippen MR) is 78.7 cm³/mol. The largest absolute Gasteiger partial charge is 0.378 e. The molecule has 2 N–H and O–H groups in total. The molecular weight excluding hydrogens is 277 g/mol. The third-order valence-electron chi connectivity index (χ3n) is 2.98. The van der Waals surface area contributed by atoms with Crippen LogP contribution in [0.25, 0.3) is 10.2 Å². The summed E-state index contributed by atoms with van der Waals surface area (Å²) in [7, 11) is 0. The Morgan fingerprint density at radius 1 is 1.40 bits per heavy atom. The van der Waals surface area contributed by atoms with Crippen LogP contribution in [0.4, 0.5) is 10.1 Å². The van der Waals surface area contributed by atoms with E-state index in [0.717, 1.165) is 5.69 Å². The van der Waals surface area contributed by atoms with E-state index in [9.17, 15) is 9.18 Å². The smallest absolute Gasteiger partial charge is 0.268 e. The predicted octanol–water partition coefficient (Wildman–Crippen LogP) is 3.04. The Labute approximate surface area is 118 Å². The molecule has 102 valence electrons. The number of aromatic nitrogens is 2. The number of benzene rings is 1. The van der Waals surface area contributed by atoms with E-state index >= 15 is 0 Å². The molecule has 0 saturated heterocycles. The van der Waals surface area contributed by atoms with Gasteiger partial charge in [-0.1, -0.05) is 0 Å². The number of fused-ring (bicyclic) bond motifs is 1. The molecule has 0 atom stereocenters. The summed E-state index contributed by atoms with van der Waals surface area (Å²) < 4.78 is 13.8. The van der Waals surface area contributed by atoms with Gasteiger partial charge in [-0.25, -0.2) is 9.37 Å². The van der Waals surface area contributed by atoms with Gasteiger partial charge >= 0.3 is 0 Å². The van der Waals surface area contributed by atoms with E-state index in [0.29, 0.717) is 28.1 Å². The van der Waals surface area contributed by atoms with Crippen LogP contribution in [0.1, 0.15) is 11.4 Å². The Kier molecular flexibility index (Phi) is 3.23. The van der Waals surface area contributed by atoms with Gasteiger partial charge in [0.05, 0.1) is 12.1 Å². The number of nitrogens with zero attached hydrogens (tertiary/aromatic N) is 1. The highest BCUT2D eigenvalue weighted by Gasteiger charge is 2.05. The Bertz CT molecular complexity index is 825. The SMILES string of the molecule is Cc1cc(NCc2nc3ccsc3c(=O)[nH]2)ccc1F. The fourth-order valence-corrected chi connectivity index (χ4v) is 2.67. The summed E-state index contributed by atoms with van der Waals surface area (Å²) in [4.78, 5) is 18.9. The van der Waals surface area contributed by atoms with Gasteiger partial charge in [0, 0.05) is 5.69 Å². The van der Waals surface area contributed by atoms with Gasteiger partial charge in [-0.2, -0.15) is 0 Å². The van der Waals surface area contributed by atoms with E-state index in [-0.39, 0.29) is 11.4 Å². The van der Waals surface area contributed by atoms with Crippen molar-refractivity contribution in [2.24, 2.45) is 0 Å². The third kappa shape index (κ3) is 2.42. The summed E-state index contributed by atoms with van der Waals surface area (Å²) in [6.07, 6.45) is 0. The molecule has 0 saturated carbocycles. The first-order valence-corrected chi connectivity index (χ1v) is 6.98. The van der Waals surface area contributed by atoms with Gasteiger partial charge in [-0.05, 0) is 42.1 Å². The first-order valence-electron chi connectivity index (χ1n) is 6.10. The highest BCUT2D eigenvalue weighted by atomic mass is 32.1. The zero-order valence-corrected chi connectivity index (χ0v) is 11.6. The molecule has 2 aromatic heterocycles. The lowest BCUT2D eigenvalue weighted by molar-refractivity contribution is 0.618. The molecule has 3 aromatic rings. The van der Waals surface area contributed by atoms with Gasteiger partial charge in [0.2, 0.25) is 0 Å². The number of H-pyrrole nitrogens is 1. The van der Waals surface area contributed by atoms with Crippen molar-refractivity contribution >= 4 is 27.2 Å². The van der Waals surface area contributed by atoms with Crippen LogP contribution in [0.2, 0.25) is 0 Å². The Morgan fingerprint density at radius 2 is 2.25 bits per heavy atom. The van der Waals surface area contributed by atoms with Crippen LogP contribution in [0, 0.1) is 12.7 Å². The third-order valence-corrected chi connectivity index (χ3v) is 3.88. The van der Waals surface area contributed by atoms with Crippen LogP contribution in [0.15, 0.2) is 34.4 Å². The lowest BCUT2D eigenvalue weighted by Gasteiger charge is -2.07. The average Bonchev–Trinajstić information content (AvgIpc) is 2.89. The summed E-state index contributed by atoms with van der Waals surface area (Å²) in [5.41, 5.74) is 1.93. The molecule has 0 fully saturated rings. The quantitative estimate of drug-likeness (QED) is 0.779. The second-order valence-corrected chi connectivity index (χ2v) is 5.38. The second-order valence-electron chi connectivity index (χ2n) is 4.47. The molecule has 0 spiro atoms. The maximum Gasteiger partial charge on any atom is 0.268 e. The molecule has 0 aliphatic rings. The van der Waals surface area contributed by atoms with Crippen molar-refractivity contribution in [2.45, 2.75) is 13.5 Å². The fourth-order valence-electron chi connectivity index (χ4n) is 1.95. The van der Waals surface area contributed by atoms with Gasteiger partial charge in [0.25, 0.3) is 5.56 Å². The minimum atomic E-state index is -0.234. The number of nitrogens with one attached hydrogen (secondary N) is 2. The maximum absolute atomic E-state index is 13.2. The van der Waals surface area contributed by atoms with Crippen molar-refractivity contribution in [1.29, 1.82) is 0 Å². The number of halogens is 1. The topological polar surface area (TPSA) is 57.8 Å². The summed E-state index contributed by atoms with van der Waals surface area (Å²) in [5, 5.41) is 4.96. The van der Waals surface area contributed by atoms with Crippen LogP contribution >= 0.6 is 11.3 Å². The normalized spacial score (nSPS) is 10.9. The van der Waals surface area contributed by atoms with Crippen molar-refractivity contribution in [1.82, 2.24) is 9.97 Å². The van der Waals surface area contributed by atoms with Crippen LogP contribution < -0.4 is 10.9 Å². The number of rotatable bonds is 3. The molecule has 0 aliphatic heterocycles. The monoisotopic (exact) mass is 289 g/mol. The zero-order chi connectivity index (χ0) is 14.1. The summed E-state index contributed by atoms with van der Waals surface area (Å²) in [6.45, 7) is 2.09. The molecular formula is C14H12FN3OS. The number of anilines is 1. The van der Waals surface area contributed by atoms with E-state index in [1.165, 1.54) is 17.4 Å². The molecule has 0 aliphatic carbocycles. The lowest BCUT2D eigenvalue weighted by atomic mass is 10.2. The minimum absolute atomic E-state index is 0.128. The van der Waals surface area contributed by atoms with Crippen LogP contribution in [0.3, 0.4) is 0 Å². The zero-order valence-electron chi connectivity index (χ0n) is 10.7. The van der Waals surface area contributed by atoms with Gasteiger partial charge in [0.1, 0.15) is 16.3 Å².